The fourth-order valence-corrected chi connectivity index (χ4v) is 2.05. The predicted octanol–water partition coefficient (Wildman–Crippen LogP) is 1.33. The van der Waals surface area contributed by atoms with Crippen LogP contribution in [0.25, 0.3) is 0 Å². The smallest absolute Gasteiger partial charge is 0.263 e. The maximum atomic E-state index is 12.0. The van der Waals surface area contributed by atoms with Crippen molar-refractivity contribution in [3.05, 3.63) is 24.3 Å². The molecule has 1 atom stereocenters. The van der Waals surface area contributed by atoms with Gasteiger partial charge in [-0.2, -0.15) is 0 Å². The van der Waals surface area contributed by atoms with E-state index in [1.54, 1.807) is 11.0 Å². The summed E-state index contributed by atoms with van der Waals surface area (Å²) < 4.78 is 5.67. The Morgan fingerprint density at radius 2 is 2.05 bits per heavy atom. The van der Waals surface area contributed by atoms with Crippen molar-refractivity contribution in [2.45, 2.75) is 32.9 Å². The summed E-state index contributed by atoms with van der Waals surface area (Å²) >= 11 is 0. The number of hydrogen-bond donors (Lipinski definition) is 1. The van der Waals surface area contributed by atoms with Crippen LogP contribution in [0.2, 0.25) is 0 Å². The standard InChI is InChI=1S/C14H18N2O3/c1-9(2)15-14(18)13-8-16(10(3)17)11-6-4-5-7-12(11)19-13/h4-7,9,13H,8H2,1-3H3,(H,15,18). The van der Waals surface area contributed by atoms with Crippen LogP contribution < -0.4 is 15.0 Å². The van der Waals surface area contributed by atoms with E-state index < -0.39 is 6.10 Å². The minimum Gasteiger partial charge on any atom is -0.477 e. The number of hydrogen-bond acceptors (Lipinski definition) is 3. The van der Waals surface area contributed by atoms with Crippen molar-refractivity contribution in [1.82, 2.24) is 5.32 Å². The van der Waals surface area contributed by atoms with Crippen molar-refractivity contribution in [3.8, 4) is 5.75 Å². The van der Waals surface area contributed by atoms with Gasteiger partial charge in [-0.25, -0.2) is 0 Å². The molecule has 19 heavy (non-hydrogen) atoms. The molecule has 0 spiro atoms. The number of amides is 2. The molecule has 102 valence electrons. The number of nitrogens with zero attached hydrogens (tertiary/aromatic N) is 1. The van der Waals surface area contributed by atoms with Crippen LogP contribution in [0, 0.1) is 0 Å². The zero-order chi connectivity index (χ0) is 14.0. The highest BCUT2D eigenvalue weighted by Crippen LogP contribution is 2.33. The fraction of sp³-hybridized carbons (Fsp3) is 0.429. The SMILES string of the molecule is CC(=O)N1CC(C(=O)NC(C)C)Oc2ccccc21. The summed E-state index contributed by atoms with van der Waals surface area (Å²) in [4.78, 5) is 25.3. The molecule has 2 rings (SSSR count). The number of benzene rings is 1. The zero-order valence-electron chi connectivity index (χ0n) is 11.3. The van der Waals surface area contributed by atoms with E-state index in [1.165, 1.54) is 6.92 Å². The van der Waals surface area contributed by atoms with Crippen molar-refractivity contribution in [2.24, 2.45) is 0 Å². The molecular formula is C14H18N2O3. The maximum Gasteiger partial charge on any atom is 0.263 e. The highest BCUT2D eigenvalue weighted by Gasteiger charge is 2.32. The number of carbonyl (C=O) groups excluding carboxylic acids is 2. The first-order valence-corrected chi connectivity index (χ1v) is 6.33. The molecule has 0 fully saturated rings. The second kappa shape index (κ2) is 5.30. The van der Waals surface area contributed by atoms with Crippen LogP contribution in [-0.2, 0) is 9.59 Å². The Kier molecular flexibility index (Phi) is 3.74. The Morgan fingerprint density at radius 3 is 2.68 bits per heavy atom. The molecule has 1 N–H and O–H groups in total. The number of ether oxygens (including phenoxy) is 1. The van der Waals surface area contributed by atoms with E-state index in [1.807, 2.05) is 32.0 Å². The molecule has 1 aromatic rings. The first kappa shape index (κ1) is 13.4. The summed E-state index contributed by atoms with van der Waals surface area (Å²) in [5.74, 6) is 0.265. The Balaban J connectivity index is 2.25. The quantitative estimate of drug-likeness (QED) is 0.874. The largest absolute Gasteiger partial charge is 0.477 e. The Morgan fingerprint density at radius 1 is 1.37 bits per heavy atom. The number of nitrogens with one attached hydrogen (secondary N) is 1. The molecule has 5 nitrogen and oxygen atoms in total. The van der Waals surface area contributed by atoms with E-state index in [9.17, 15) is 9.59 Å². The van der Waals surface area contributed by atoms with E-state index in [0.717, 1.165) is 0 Å². The number of anilines is 1. The van der Waals surface area contributed by atoms with Gasteiger partial charge in [0.25, 0.3) is 5.91 Å². The first-order valence-electron chi connectivity index (χ1n) is 6.33. The van der Waals surface area contributed by atoms with Gasteiger partial charge in [0.2, 0.25) is 5.91 Å². The summed E-state index contributed by atoms with van der Waals surface area (Å²) in [7, 11) is 0. The number of carbonyl (C=O) groups is 2. The normalized spacial score (nSPS) is 17.7. The van der Waals surface area contributed by atoms with Crippen molar-refractivity contribution in [1.29, 1.82) is 0 Å². The summed E-state index contributed by atoms with van der Waals surface area (Å²) in [6.45, 7) is 5.50. The summed E-state index contributed by atoms with van der Waals surface area (Å²) in [6, 6.07) is 7.28. The van der Waals surface area contributed by atoms with Gasteiger partial charge in [-0.1, -0.05) is 12.1 Å². The molecule has 5 heteroatoms. The van der Waals surface area contributed by atoms with Gasteiger partial charge in [-0.3, -0.25) is 9.59 Å². The van der Waals surface area contributed by atoms with Crippen molar-refractivity contribution in [2.75, 3.05) is 11.4 Å². The van der Waals surface area contributed by atoms with Gasteiger partial charge >= 0.3 is 0 Å². The molecule has 1 aliphatic heterocycles. The fourth-order valence-electron chi connectivity index (χ4n) is 2.05. The van der Waals surface area contributed by atoms with Crippen LogP contribution >= 0.6 is 0 Å². The zero-order valence-corrected chi connectivity index (χ0v) is 11.3. The summed E-state index contributed by atoms with van der Waals surface area (Å²) in [5, 5.41) is 2.80. The third kappa shape index (κ3) is 2.86. The van der Waals surface area contributed by atoms with Gasteiger partial charge in [0.15, 0.2) is 6.10 Å². The Bertz CT molecular complexity index is 499. The lowest BCUT2D eigenvalue weighted by Gasteiger charge is -2.33. The van der Waals surface area contributed by atoms with Gasteiger partial charge in [-0.05, 0) is 26.0 Å². The van der Waals surface area contributed by atoms with Crippen LogP contribution in [0.3, 0.4) is 0 Å². The number of rotatable bonds is 2. The van der Waals surface area contributed by atoms with E-state index in [-0.39, 0.29) is 24.4 Å². The molecule has 0 saturated carbocycles. The third-order valence-corrected chi connectivity index (χ3v) is 2.88. The maximum absolute atomic E-state index is 12.0. The Labute approximate surface area is 112 Å². The molecular weight excluding hydrogens is 244 g/mol. The molecule has 1 heterocycles. The monoisotopic (exact) mass is 262 g/mol. The van der Waals surface area contributed by atoms with E-state index >= 15 is 0 Å². The first-order chi connectivity index (χ1) is 8.99. The Hall–Kier alpha value is -2.04. The lowest BCUT2D eigenvalue weighted by molar-refractivity contribution is -0.128. The molecule has 1 aromatic carbocycles. The average Bonchev–Trinajstić information content (AvgIpc) is 2.36. The molecule has 0 radical (unpaired) electrons. The molecule has 1 unspecified atom stereocenters. The molecule has 0 bridgehead atoms. The predicted molar refractivity (Wildman–Crippen MR) is 72.2 cm³/mol. The average molecular weight is 262 g/mol. The summed E-state index contributed by atoms with van der Waals surface area (Å²) in [5.41, 5.74) is 0.712. The molecule has 0 aliphatic carbocycles. The molecule has 0 saturated heterocycles. The minimum atomic E-state index is -0.666. The van der Waals surface area contributed by atoms with Crippen LogP contribution in [0.15, 0.2) is 24.3 Å². The minimum absolute atomic E-state index is 0.0408. The second-order valence-electron chi connectivity index (χ2n) is 4.87. The van der Waals surface area contributed by atoms with Gasteiger partial charge in [0, 0.05) is 13.0 Å². The van der Waals surface area contributed by atoms with Gasteiger partial charge in [0.05, 0.1) is 12.2 Å². The van der Waals surface area contributed by atoms with Crippen LogP contribution in [0.4, 0.5) is 5.69 Å². The van der Waals surface area contributed by atoms with Gasteiger partial charge in [-0.15, -0.1) is 0 Å². The second-order valence-corrected chi connectivity index (χ2v) is 4.87. The van der Waals surface area contributed by atoms with Gasteiger partial charge < -0.3 is 15.0 Å². The van der Waals surface area contributed by atoms with E-state index in [0.29, 0.717) is 11.4 Å². The molecule has 0 aromatic heterocycles. The lowest BCUT2D eigenvalue weighted by atomic mass is 10.1. The lowest BCUT2D eigenvalue weighted by Crippen LogP contribution is -2.51. The van der Waals surface area contributed by atoms with Crippen LogP contribution in [-0.4, -0.2) is 30.5 Å². The topological polar surface area (TPSA) is 58.6 Å². The van der Waals surface area contributed by atoms with E-state index in [4.69, 9.17) is 4.74 Å². The highest BCUT2D eigenvalue weighted by atomic mass is 16.5. The molecule has 1 aliphatic rings. The van der Waals surface area contributed by atoms with E-state index in [2.05, 4.69) is 5.32 Å². The van der Waals surface area contributed by atoms with Gasteiger partial charge in [0.1, 0.15) is 5.75 Å². The van der Waals surface area contributed by atoms with Crippen molar-refractivity contribution >= 4 is 17.5 Å². The number of fused-ring (bicyclic) bond motifs is 1. The molecule has 2 amide bonds. The van der Waals surface area contributed by atoms with Crippen LogP contribution in [0.5, 0.6) is 5.75 Å². The third-order valence-electron chi connectivity index (χ3n) is 2.88. The van der Waals surface area contributed by atoms with Crippen LogP contribution in [0.1, 0.15) is 20.8 Å². The van der Waals surface area contributed by atoms with Crippen molar-refractivity contribution < 1.29 is 14.3 Å². The van der Waals surface area contributed by atoms with Crippen molar-refractivity contribution in [3.63, 3.8) is 0 Å². The summed E-state index contributed by atoms with van der Waals surface area (Å²) in [6.07, 6.45) is -0.666. The number of para-hydroxylation sites is 2. The highest BCUT2D eigenvalue weighted by molar-refractivity contribution is 5.95.